The predicted molar refractivity (Wildman–Crippen MR) is 185 cm³/mol. The molecule has 1 aromatic heterocycles. The largest absolute Gasteiger partial charge is 0.493 e. The lowest BCUT2D eigenvalue weighted by Crippen LogP contribution is -2.29. The van der Waals surface area contributed by atoms with Gasteiger partial charge in [0.2, 0.25) is 0 Å². The van der Waals surface area contributed by atoms with Crippen LogP contribution in [0.1, 0.15) is 55.4 Å². The minimum absolute atomic E-state index is 0.747. The van der Waals surface area contributed by atoms with Crippen LogP contribution in [-0.2, 0) is 25.8 Å². The summed E-state index contributed by atoms with van der Waals surface area (Å²) in [7, 11) is 8.99. The predicted octanol–water partition coefficient (Wildman–Crippen LogP) is 7.50. The van der Waals surface area contributed by atoms with Gasteiger partial charge in [-0.3, -0.25) is 4.98 Å². The Morgan fingerprint density at radius 3 is 2.20 bits per heavy atom. The highest BCUT2D eigenvalue weighted by molar-refractivity contribution is 5.90. The van der Waals surface area contributed by atoms with Gasteiger partial charge < -0.3 is 29.2 Å². The summed E-state index contributed by atoms with van der Waals surface area (Å²) in [6, 6.07) is 17.4. The molecular formula is C38H51N3O4. The first-order valence-electron chi connectivity index (χ1n) is 16.2. The molecule has 0 radical (unpaired) electrons. The summed E-state index contributed by atoms with van der Waals surface area (Å²) in [6.07, 6.45) is 8.01. The van der Waals surface area contributed by atoms with Gasteiger partial charge in [0.15, 0.2) is 23.0 Å². The van der Waals surface area contributed by atoms with Crippen molar-refractivity contribution < 1.29 is 18.9 Å². The molecule has 1 heterocycles. The average molecular weight is 614 g/mol. The molecule has 3 aromatic carbocycles. The molecule has 0 aliphatic carbocycles. The summed E-state index contributed by atoms with van der Waals surface area (Å²) >= 11 is 0. The molecule has 0 saturated heterocycles. The van der Waals surface area contributed by atoms with Crippen LogP contribution in [0.2, 0.25) is 0 Å². The van der Waals surface area contributed by atoms with Crippen LogP contribution in [0.4, 0.5) is 0 Å². The van der Waals surface area contributed by atoms with E-state index in [0.29, 0.717) is 0 Å². The van der Waals surface area contributed by atoms with Crippen molar-refractivity contribution in [3.8, 4) is 34.3 Å². The zero-order valence-electron chi connectivity index (χ0n) is 28.3. The van der Waals surface area contributed by atoms with Crippen molar-refractivity contribution in [3.05, 3.63) is 77.0 Å². The van der Waals surface area contributed by atoms with Gasteiger partial charge in [0, 0.05) is 37.0 Å². The number of aryl methyl sites for hydroxylation is 3. The Balaban J connectivity index is 1.28. The van der Waals surface area contributed by atoms with Gasteiger partial charge in [0.1, 0.15) is 0 Å². The van der Waals surface area contributed by atoms with Crippen molar-refractivity contribution in [1.29, 1.82) is 0 Å². The molecule has 0 aliphatic rings. The minimum atomic E-state index is 0.747. The monoisotopic (exact) mass is 613 g/mol. The van der Waals surface area contributed by atoms with E-state index < -0.39 is 0 Å². The number of hydrogen-bond donors (Lipinski definition) is 1. The third-order valence-electron chi connectivity index (χ3n) is 8.29. The van der Waals surface area contributed by atoms with Gasteiger partial charge in [0.05, 0.1) is 34.1 Å². The Labute approximate surface area is 269 Å². The molecule has 0 unspecified atom stereocenters. The van der Waals surface area contributed by atoms with E-state index in [1.54, 1.807) is 28.4 Å². The van der Waals surface area contributed by atoms with E-state index >= 15 is 0 Å². The lowest BCUT2D eigenvalue weighted by atomic mass is 9.96. The lowest BCUT2D eigenvalue weighted by molar-refractivity contribution is 0.324. The van der Waals surface area contributed by atoms with Crippen LogP contribution < -0.4 is 24.3 Å². The molecule has 1 N–H and O–H groups in total. The summed E-state index contributed by atoms with van der Waals surface area (Å²) in [5.41, 5.74) is 6.96. The number of nitrogens with zero attached hydrogens (tertiary/aromatic N) is 2. The van der Waals surface area contributed by atoms with Crippen LogP contribution in [0.25, 0.3) is 22.0 Å². The van der Waals surface area contributed by atoms with Gasteiger partial charge in [-0.1, -0.05) is 44.9 Å². The van der Waals surface area contributed by atoms with Gasteiger partial charge in [-0.15, -0.1) is 0 Å². The van der Waals surface area contributed by atoms with E-state index in [1.807, 2.05) is 12.3 Å². The molecule has 0 atom stereocenters. The number of likely N-dealkylation sites (N-methyl/N-ethyl adjacent to an activating group) is 1. The van der Waals surface area contributed by atoms with Gasteiger partial charge >= 0.3 is 0 Å². The van der Waals surface area contributed by atoms with E-state index in [1.165, 1.54) is 27.5 Å². The summed E-state index contributed by atoms with van der Waals surface area (Å²) in [6.45, 7) is 8.12. The van der Waals surface area contributed by atoms with Crippen molar-refractivity contribution in [2.75, 3.05) is 55.1 Å². The molecular weight excluding hydrogens is 562 g/mol. The number of ether oxygens (including phenoxy) is 4. The van der Waals surface area contributed by atoms with Crippen molar-refractivity contribution in [1.82, 2.24) is 15.2 Å². The molecule has 0 saturated carbocycles. The second-order valence-electron chi connectivity index (χ2n) is 11.7. The van der Waals surface area contributed by atoms with E-state index in [0.717, 1.165) is 105 Å². The Morgan fingerprint density at radius 1 is 0.733 bits per heavy atom. The second-order valence-corrected chi connectivity index (χ2v) is 11.7. The average Bonchev–Trinajstić information content (AvgIpc) is 3.05. The van der Waals surface area contributed by atoms with E-state index in [-0.39, 0.29) is 0 Å². The highest BCUT2D eigenvalue weighted by Crippen LogP contribution is 2.39. The third-order valence-corrected chi connectivity index (χ3v) is 8.29. The number of hydrogen-bond acceptors (Lipinski definition) is 7. The Kier molecular flexibility index (Phi) is 12.9. The Hall–Kier alpha value is -3.81. The number of benzene rings is 3. The molecule has 242 valence electrons. The zero-order valence-corrected chi connectivity index (χ0v) is 28.3. The van der Waals surface area contributed by atoms with E-state index in [9.17, 15) is 0 Å². The first kappa shape index (κ1) is 34.1. The van der Waals surface area contributed by atoms with Gasteiger partial charge in [-0.05, 0) is 97.1 Å². The molecule has 0 aliphatic heterocycles. The summed E-state index contributed by atoms with van der Waals surface area (Å²) in [4.78, 5) is 7.03. The number of pyridine rings is 1. The van der Waals surface area contributed by atoms with Crippen molar-refractivity contribution in [2.45, 2.75) is 58.9 Å². The fraction of sp³-hybridized carbons (Fsp3) is 0.447. The smallest absolute Gasteiger partial charge is 0.164 e. The molecule has 7 nitrogen and oxygen atoms in total. The molecule has 0 bridgehead atoms. The van der Waals surface area contributed by atoms with Crippen LogP contribution in [0.5, 0.6) is 23.0 Å². The summed E-state index contributed by atoms with van der Waals surface area (Å²) in [5, 5.41) is 6.10. The standard InChI is InChI=1S/C38H51N3O4/c1-8-11-29-23-31(25-35(42-4)37(29)44-6)34-22-28(16-18-40-34)26-41(3)20-19-39-17-10-13-27-14-15-32-30(21-27)24-36(43-5)38(45-7)33(32)12-9-2/h14-16,18,21-25,39H,8-13,17,19-20,26H2,1-7H3. The normalized spacial score (nSPS) is 11.3. The van der Waals surface area contributed by atoms with Gasteiger partial charge in [-0.25, -0.2) is 0 Å². The fourth-order valence-corrected chi connectivity index (χ4v) is 6.09. The number of fused-ring (bicyclic) bond motifs is 1. The lowest BCUT2D eigenvalue weighted by Gasteiger charge is -2.18. The molecule has 0 fully saturated rings. The first-order chi connectivity index (χ1) is 22.0. The third kappa shape index (κ3) is 8.68. The van der Waals surface area contributed by atoms with Gasteiger partial charge in [0.25, 0.3) is 0 Å². The zero-order chi connectivity index (χ0) is 32.2. The highest BCUT2D eigenvalue weighted by Gasteiger charge is 2.16. The van der Waals surface area contributed by atoms with Crippen LogP contribution >= 0.6 is 0 Å². The maximum Gasteiger partial charge on any atom is 0.164 e. The first-order valence-corrected chi connectivity index (χ1v) is 16.2. The van der Waals surface area contributed by atoms with Crippen LogP contribution in [0.15, 0.2) is 54.7 Å². The van der Waals surface area contributed by atoms with Crippen LogP contribution in [0.3, 0.4) is 0 Å². The van der Waals surface area contributed by atoms with Crippen molar-refractivity contribution in [2.24, 2.45) is 0 Å². The van der Waals surface area contributed by atoms with Gasteiger partial charge in [-0.2, -0.15) is 0 Å². The Bertz CT molecular complexity index is 1540. The SMILES string of the molecule is CCCc1cc(-c2cc(CN(C)CCNCCCc3ccc4c(CCC)c(OC)c(OC)cc4c3)ccn2)cc(OC)c1OC. The van der Waals surface area contributed by atoms with Crippen LogP contribution in [-0.4, -0.2) is 65.0 Å². The van der Waals surface area contributed by atoms with E-state index in [4.69, 9.17) is 18.9 Å². The number of rotatable bonds is 18. The molecule has 7 heteroatoms. The number of aromatic nitrogens is 1. The maximum absolute atomic E-state index is 5.71. The number of methoxy groups -OCH3 is 4. The molecule has 0 spiro atoms. The quantitative estimate of drug-likeness (QED) is 0.117. The van der Waals surface area contributed by atoms with Crippen molar-refractivity contribution in [3.63, 3.8) is 0 Å². The maximum atomic E-state index is 5.71. The second kappa shape index (κ2) is 17.0. The van der Waals surface area contributed by atoms with Crippen LogP contribution in [0, 0.1) is 0 Å². The molecule has 0 amide bonds. The molecule has 45 heavy (non-hydrogen) atoms. The molecule has 4 aromatic rings. The molecule has 4 rings (SSSR count). The number of nitrogens with one attached hydrogen (secondary N) is 1. The minimum Gasteiger partial charge on any atom is -0.493 e. The fourth-order valence-electron chi connectivity index (χ4n) is 6.09. The van der Waals surface area contributed by atoms with Crippen molar-refractivity contribution >= 4 is 10.8 Å². The van der Waals surface area contributed by atoms with E-state index in [2.05, 4.69) is 78.6 Å². The summed E-state index contributed by atoms with van der Waals surface area (Å²) in [5.74, 6) is 3.22. The Morgan fingerprint density at radius 2 is 1.49 bits per heavy atom. The topological polar surface area (TPSA) is 65.1 Å². The highest BCUT2D eigenvalue weighted by atomic mass is 16.5. The summed E-state index contributed by atoms with van der Waals surface area (Å²) < 4.78 is 22.7.